The van der Waals surface area contributed by atoms with Crippen LogP contribution in [0, 0.1) is 0 Å². The summed E-state index contributed by atoms with van der Waals surface area (Å²) in [5.41, 5.74) is 0. The van der Waals surface area contributed by atoms with Crippen molar-refractivity contribution in [3.8, 4) is 0 Å². The van der Waals surface area contributed by atoms with Gasteiger partial charge in [0, 0.05) is 19.6 Å². The van der Waals surface area contributed by atoms with Crippen molar-refractivity contribution in [1.82, 2.24) is 4.90 Å². The van der Waals surface area contributed by atoms with Gasteiger partial charge in [0.25, 0.3) is 0 Å². The molecule has 0 radical (unpaired) electrons. The lowest BCUT2D eigenvalue weighted by Gasteiger charge is -2.23. The van der Waals surface area contributed by atoms with Crippen molar-refractivity contribution in [2.24, 2.45) is 0 Å². The molecule has 1 atom stereocenters. The predicted octanol–water partition coefficient (Wildman–Crippen LogP) is 0.629. The molecule has 0 aromatic heterocycles. The lowest BCUT2D eigenvalue weighted by molar-refractivity contribution is 0.132. The molecule has 0 saturated heterocycles. The Labute approximate surface area is 62.2 Å². The Morgan fingerprint density at radius 2 is 2.40 bits per heavy atom. The second-order valence-electron chi connectivity index (χ2n) is 2.87. The first kappa shape index (κ1) is 7.76. The lowest BCUT2D eigenvalue weighted by atomic mass is 10.2. The number of β-amino-alcohol motifs (C(OH)–C–C–N with tert-alkyl or cyclic N) is 1. The smallest absolute Gasteiger partial charge is 0.0639 e. The number of hydrogen-bond acceptors (Lipinski definition) is 2. The molecule has 0 saturated carbocycles. The molecule has 0 bridgehead atoms. The molecule has 0 aromatic rings. The van der Waals surface area contributed by atoms with E-state index in [4.69, 9.17) is 5.11 Å². The quantitative estimate of drug-likeness (QED) is 0.570. The van der Waals surface area contributed by atoms with E-state index in [1.165, 1.54) is 0 Å². The minimum atomic E-state index is -0.188. The van der Waals surface area contributed by atoms with Gasteiger partial charge in [0.2, 0.25) is 0 Å². The lowest BCUT2D eigenvalue weighted by Crippen LogP contribution is -2.33. The van der Waals surface area contributed by atoms with Crippen LogP contribution in [-0.4, -0.2) is 35.7 Å². The minimum Gasteiger partial charge on any atom is -0.392 e. The van der Waals surface area contributed by atoms with E-state index in [-0.39, 0.29) is 6.10 Å². The second-order valence-corrected chi connectivity index (χ2v) is 2.87. The van der Waals surface area contributed by atoms with E-state index in [1.807, 2.05) is 6.92 Å². The molecule has 1 heterocycles. The maximum atomic E-state index is 9.04. The Morgan fingerprint density at radius 1 is 1.60 bits per heavy atom. The van der Waals surface area contributed by atoms with Gasteiger partial charge in [0.05, 0.1) is 6.10 Å². The molecule has 1 aliphatic heterocycles. The summed E-state index contributed by atoms with van der Waals surface area (Å²) in [4.78, 5) is 2.25. The molecule has 1 unspecified atom stereocenters. The average Bonchev–Trinajstić information content (AvgIpc) is 1.88. The van der Waals surface area contributed by atoms with Crippen molar-refractivity contribution in [3.05, 3.63) is 12.2 Å². The highest BCUT2D eigenvalue weighted by Crippen LogP contribution is 2.01. The van der Waals surface area contributed by atoms with Crippen molar-refractivity contribution >= 4 is 0 Å². The summed E-state index contributed by atoms with van der Waals surface area (Å²) in [6.07, 6.45) is 5.29. The Morgan fingerprint density at radius 3 is 2.90 bits per heavy atom. The molecule has 1 rings (SSSR count). The summed E-state index contributed by atoms with van der Waals surface area (Å²) in [6, 6.07) is 0. The van der Waals surface area contributed by atoms with Gasteiger partial charge in [-0.25, -0.2) is 0 Å². The molecule has 0 aliphatic carbocycles. The van der Waals surface area contributed by atoms with E-state index in [0.717, 1.165) is 26.1 Å². The topological polar surface area (TPSA) is 23.5 Å². The SMILES string of the molecule is CC(O)CN1CC=CCC1. The van der Waals surface area contributed by atoms with Crippen LogP contribution in [0.2, 0.25) is 0 Å². The van der Waals surface area contributed by atoms with Crippen molar-refractivity contribution in [2.75, 3.05) is 19.6 Å². The van der Waals surface area contributed by atoms with Crippen LogP contribution in [0.1, 0.15) is 13.3 Å². The molecular weight excluding hydrogens is 126 g/mol. The zero-order chi connectivity index (χ0) is 7.40. The number of aliphatic hydroxyl groups excluding tert-OH is 1. The molecule has 0 amide bonds. The summed E-state index contributed by atoms with van der Waals surface area (Å²) in [6.45, 7) is 4.74. The van der Waals surface area contributed by atoms with E-state index in [0.29, 0.717) is 0 Å². The number of aliphatic hydroxyl groups is 1. The maximum absolute atomic E-state index is 9.04. The third-order valence-electron chi connectivity index (χ3n) is 1.66. The molecule has 0 spiro atoms. The Hall–Kier alpha value is -0.340. The molecule has 1 N–H and O–H groups in total. The van der Waals surface area contributed by atoms with Crippen molar-refractivity contribution < 1.29 is 5.11 Å². The fourth-order valence-electron chi connectivity index (χ4n) is 1.23. The van der Waals surface area contributed by atoms with Crippen LogP contribution in [0.4, 0.5) is 0 Å². The van der Waals surface area contributed by atoms with Crippen molar-refractivity contribution in [2.45, 2.75) is 19.4 Å². The first-order chi connectivity index (χ1) is 4.79. The van der Waals surface area contributed by atoms with Crippen LogP contribution in [0.25, 0.3) is 0 Å². The Bertz CT molecular complexity index is 120. The fourth-order valence-corrected chi connectivity index (χ4v) is 1.23. The van der Waals surface area contributed by atoms with E-state index in [1.54, 1.807) is 0 Å². The summed E-state index contributed by atoms with van der Waals surface area (Å²) < 4.78 is 0. The normalized spacial score (nSPS) is 23.0. The molecule has 2 heteroatoms. The number of hydrogen-bond donors (Lipinski definition) is 1. The third kappa shape index (κ3) is 2.50. The van der Waals surface area contributed by atoms with E-state index >= 15 is 0 Å². The van der Waals surface area contributed by atoms with Crippen LogP contribution in [0.3, 0.4) is 0 Å². The Kier molecular flexibility index (Phi) is 2.90. The monoisotopic (exact) mass is 141 g/mol. The zero-order valence-corrected chi connectivity index (χ0v) is 6.45. The predicted molar refractivity (Wildman–Crippen MR) is 41.9 cm³/mol. The van der Waals surface area contributed by atoms with Crippen LogP contribution in [0.15, 0.2) is 12.2 Å². The summed E-state index contributed by atoms with van der Waals surface area (Å²) in [5.74, 6) is 0. The van der Waals surface area contributed by atoms with Crippen molar-refractivity contribution in [3.63, 3.8) is 0 Å². The van der Waals surface area contributed by atoms with E-state index in [2.05, 4.69) is 17.1 Å². The van der Waals surface area contributed by atoms with Crippen LogP contribution >= 0.6 is 0 Å². The molecule has 0 fully saturated rings. The first-order valence-corrected chi connectivity index (χ1v) is 3.84. The molecule has 10 heavy (non-hydrogen) atoms. The average molecular weight is 141 g/mol. The van der Waals surface area contributed by atoms with Crippen molar-refractivity contribution in [1.29, 1.82) is 0 Å². The van der Waals surface area contributed by atoms with Gasteiger partial charge < -0.3 is 5.11 Å². The summed E-state index contributed by atoms with van der Waals surface area (Å²) in [5, 5.41) is 9.04. The highest BCUT2D eigenvalue weighted by molar-refractivity contribution is 4.90. The second kappa shape index (κ2) is 3.74. The van der Waals surface area contributed by atoms with E-state index < -0.39 is 0 Å². The number of nitrogens with zero attached hydrogens (tertiary/aromatic N) is 1. The highest BCUT2D eigenvalue weighted by Gasteiger charge is 2.07. The first-order valence-electron chi connectivity index (χ1n) is 3.84. The summed E-state index contributed by atoms with van der Waals surface area (Å²) >= 11 is 0. The number of rotatable bonds is 2. The van der Waals surface area contributed by atoms with Crippen LogP contribution < -0.4 is 0 Å². The summed E-state index contributed by atoms with van der Waals surface area (Å²) in [7, 11) is 0. The van der Waals surface area contributed by atoms with Crippen LogP contribution in [-0.2, 0) is 0 Å². The highest BCUT2D eigenvalue weighted by atomic mass is 16.3. The van der Waals surface area contributed by atoms with Gasteiger partial charge in [-0.1, -0.05) is 12.2 Å². The maximum Gasteiger partial charge on any atom is 0.0639 e. The van der Waals surface area contributed by atoms with Crippen LogP contribution in [0.5, 0.6) is 0 Å². The minimum absolute atomic E-state index is 0.188. The third-order valence-corrected chi connectivity index (χ3v) is 1.66. The van der Waals surface area contributed by atoms with Gasteiger partial charge in [0.15, 0.2) is 0 Å². The van der Waals surface area contributed by atoms with Gasteiger partial charge >= 0.3 is 0 Å². The van der Waals surface area contributed by atoms with E-state index in [9.17, 15) is 0 Å². The molecular formula is C8H15NO. The van der Waals surface area contributed by atoms with Gasteiger partial charge in [-0.05, 0) is 13.3 Å². The zero-order valence-electron chi connectivity index (χ0n) is 6.45. The molecule has 58 valence electrons. The largest absolute Gasteiger partial charge is 0.392 e. The fraction of sp³-hybridized carbons (Fsp3) is 0.750. The molecule has 0 aromatic carbocycles. The Balaban J connectivity index is 2.22. The molecule has 2 nitrogen and oxygen atoms in total. The van der Waals surface area contributed by atoms with Gasteiger partial charge in [-0.3, -0.25) is 4.90 Å². The van der Waals surface area contributed by atoms with Gasteiger partial charge in [-0.15, -0.1) is 0 Å². The standard InChI is InChI=1S/C8H15NO/c1-8(10)7-9-5-3-2-4-6-9/h2-3,8,10H,4-7H2,1H3. The molecule has 1 aliphatic rings. The van der Waals surface area contributed by atoms with Gasteiger partial charge in [-0.2, -0.15) is 0 Å². The van der Waals surface area contributed by atoms with Gasteiger partial charge in [0.1, 0.15) is 0 Å².